The smallest absolute Gasteiger partial charge is 0.398 e. The van der Waals surface area contributed by atoms with Gasteiger partial charge in [-0.15, -0.1) is 0 Å². The Labute approximate surface area is 131 Å². The van der Waals surface area contributed by atoms with Crippen molar-refractivity contribution in [3.05, 3.63) is 51.7 Å². The van der Waals surface area contributed by atoms with E-state index in [-0.39, 0.29) is 21.3 Å². The van der Waals surface area contributed by atoms with Crippen LogP contribution in [-0.2, 0) is 6.18 Å². The Balaban J connectivity index is 2.88. The van der Waals surface area contributed by atoms with E-state index in [0.717, 1.165) is 30.3 Å². The zero-order valence-electron chi connectivity index (χ0n) is 10.8. The highest BCUT2D eigenvalue weighted by Gasteiger charge is 2.38. The topological polar surface area (TPSA) is 69.1 Å². The lowest BCUT2D eigenvalue weighted by Crippen LogP contribution is -2.20. The summed E-state index contributed by atoms with van der Waals surface area (Å²) in [6.45, 7) is 0. The van der Waals surface area contributed by atoms with Crippen LogP contribution in [0.1, 0.15) is 15.9 Å². The van der Waals surface area contributed by atoms with Crippen molar-refractivity contribution >= 4 is 27.5 Å². The van der Waals surface area contributed by atoms with Crippen molar-refractivity contribution in [3.8, 4) is 11.1 Å². The number of benzene rings is 2. The lowest BCUT2D eigenvalue weighted by molar-refractivity contribution is -0.137. The van der Waals surface area contributed by atoms with Gasteiger partial charge in [-0.25, -0.2) is 4.39 Å². The molecule has 2 rings (SSSR count). The first kappa shape index (κ1) is 16.3. The van der Waals surface area contributed by atoms with Gasteiger partial charge >= 0.3 is 6.18 Å². The molecule has 0 radical (unpaired) electrons. The molecule has 0 bridgehead atoms. The molecule has 0 unspecified atom stereocenters. The molecule has 2 aromatic rings. The minimum absolute atomic E-state index is 0.0440. The molecule has 22 heavy (non-hydrogen) atoms. The van der Waals surface area contributed by atoms with Crippen molar-refractivity contribution in [2.45, 2.75) is 6.18 Å². The Bertz CT molecular complexity index is 759. The van der Waals surface area contributed by atoms with Crippen molar-refractivity contribution in [1.29, 1.82) is 0 Å². The lowest BCUT2D eigenvalue weighted by Gasteiger charge is -2.18. The van der Waals surface area contributed by atoms with E-state index in [2.05, 4.69) is 15.9 Å². The zero-order chi connectivity index (χ0) is 16.7. The minimum Gasteiger partial charge on any atom is -0.398 e. The summed E-state index contributed by atoms with van der Waals surface area (Å²) >= 11 is 3.03. The summed E-state index contributed by atoms with van der Waals surface area (Å²) in [4.78, 5) is 11.4. The minimum atomic E-state index is -4.83. The Morgan fingerprint density at radius 3 is 2.23 bits per heavy atom. The van der Waals surface area contributed by atoms with Gasteiger partial charge in [0.1, 0.15) is 5.82 Å². The van der Waals surface area contributed by atoms with Gasteiger partial charge in [0.15, 0.2) is 0 Å². The summed E-state index contributed by atoms with van der Waals surface area (Å²) in [7, 11) is 0. The van der Waals surface area contributed by atoms with Crippen molar-refractivity contribution in [2.24, 2.45) is 5.73 Å². The van der Waals surface area contributed by atoms with Gasteiger partial charge in [-0.1, -0.05) is 15.9 Å². The second-order valence-corrected chi connectivity index (χ2v) is 5.39. The number of primary amides is 1. The fourth-order valence-corrected chi connectivity index (χ4v) is 2.56. The number of halogens is 5. The number of alkyl halides is 3. The third-order valence-corrected chi connectivity index (χ3v) is 3.41. The maximum atomic E-state index is 13.4. The van der Waals surface area contributed by atoms with Gasteiger partial charge in [-0.2, -0.15) is 13.2 Å². The summed E-state index contributed by atoms with van der Waals surface area (Å²) in [5.41, 5.74) is 8.16. The predicted octanol–water partition coefficient (Wildman–Crippen LogP) is 3.96. The average molecular weight is 377 g/mol. The molecule has 0 saturated heterocycles. The van der Waals surface area contributed by atoms with Crippen LogP contribution < -0.4 is 11.5 Å². The number of carbonyl (C=O) groups is 1. The maximum Gasteiger partial charge on any atom is 0.417 e. The first-order valence-electron chi connectivity index (χ1n) is 5.87. The summed E-state index contributed by atoms with van der Waals surface area (Å²) < 4.78 is 53.4. The van der Waals surface area contributed by atoms with Crippen LogP contribution in [0.25, 0.3) is 11.1 Å². The second kappa shape index (κ2) is 5.60. The first-order chi connectivity index (χ1) is 10.1. The molecule has 2 aromatic carbocycles. The summed E-state index contributed by atoms with van der Waals surface area (Å²) in [5, 5.41) is 0. The largest absolute Gasteiger partial charge is 0.417 e. The van der Waals surface area contributed by atoms with Crippen molar-refractivity contribution in [3.63, 3.8) is 0 Å². The number of hydrogen-bond acceptors (Lipinski definition) is 2. The molecule has 0 aliphatic carbocycles. The molecular weight excluding hydrogens is 368 g/mol. The molecule has 0 heterocycles. The monoisotopic (exact) mass is 376 g/mol. The normalized spacial score (nSPS) is 11.5. The Hall–Kier alpha value is -2.09. The number of hydrogen-bond donors (Lipinski definition) is 2. The van der Waals surface area contributed by atoms with E-state index >= 15 is 0 Å². The number of nitrogen functional groups attached to an aromatic ring is 1. The van der Waals surface area contributed by atoms with Crippen LogP contribution in [0, 0.1) is 5.82 Å². The average Bonchev–Trinajstić information content (AvgIpc) is 2.35. The first-order valence-corrected chi connectivity index (χ1v) is 6.66. The third-order valence-electron chi connectivity index (χ3n) is 2.96. The SMILES string of the molecule is NC(=O)c1cc(Br)cc(-c2ccc(F)cc2N)c1C(F)(F)F. The molecule has 0 aromatic heterocycles. The summed E-state index contributed by atoms with van der Waals surface area (Å²) in [6.07, 6.45) is -4.83. The number of rotatable bonds is 2. The summed E-state index contributed by atoms with van der Waals surface area (Å²) in [5.74, 6) is -1.91. The molecule has 4 N–H and O–H groups in total. The van der Waals surface area contributed by atoms with E-state index in [0.29, 0.717) is 0 Å². The highest BCUT2D eigenvalue weighted by Crippen LogP contribution is 2.42. The van der Waals surface area contributed by atoms with Gasteiger partial charge in [-0.05, 0) is 35.9 Å². The number of amides is 1. The van der Waals surface area contributed by atoms with E-state index in [1.165, 1.54) is 0 Å². The van der Waals surface area contributed by atoms with Gasteiger partial charge in [-0.3, -0.25) is 4.79 Å². The predicted molar refractivity (Wildman–Crippen MR) is 77.5 cm³/mol. The highest BCUT2D eigenvalue weighted by molar-refractivity contribution is 9.10. The number of carbonyl (C=O) groups excluding carboxylic acids is 1. The van der Waals surface area contributed by atoms with Gasteiger partial charge in [0.2, 0.25) is 5.91 Å². The maximum absolute atomic E-state index is 13.4. The van der Waals surface area contributed by atoms with Gasteiger partial charge in [0, 0.05) is 15.7 Å². The van der Waals surface area contributed by atoms with Crippen LogP contribution in [0.2, 0.25) is 0 Å². The Morgan fingerprint density at radius 2 is 1.73 bits per heavy atom. The molecule has 1 amide bonds. The molecule has 0 aliphatic rings. The molecule has 0 fully saturated rings. The standard InChI is InChI=1S/C14H9BrF4N2O/c15-6-3-9(8-2-1-7(16)5-11(8)20)12(14(17,18)19)10(4-6)13(21)22/h1-5H,20H2,(H2,21,22). The van der Waals surface area contributed by atoms with E-state index < -0.39 is 29.0 Å². The number of nitrogens with two attached hydrogens (primary N) is 2. The van der Waals surface area contributed by atoms with E-state index in [4.69, 9.17) is 11.5 Å². The van der Waals surface area contributed by atoms with Crippen LogP contribution >= 0.6 is 15.9 Å². The molecule has 116 valence electrons. The second-order valence-electron chi connectivity index (χ2n) is 4.47. The lowest BCUT2D eigenvalue weighted by atomic mass is 9.93. The van der Waals surface area contributed by atoms with E-state index in [1.54, 1.807) is 0 Å². The van der Waals surface area contributed by atoms with Crippen molar-refractivity contribution < 1.29 is 22.4 Å². The molecule has 0 spiro atoms. The van der Waals surface area contributed by atoms with Crippen LogP contribution in [0.5, 0.6) is 0 Å². The van der Waals surface area contributed by atoms with Gasteiger partial charge in [0.25, 0.3) is 0 Å². The third kappa shape index (κ3) is 3.06. The molecule has 0 aliphatic heterocycles. The Kier molecular flexibility index (Phi) is 4.15. The van der Waals surface area contributed by atoms with Crippen LogP contribution in [0.4, 0.5) is 23.2 Å². The van der Waals surface area contributed by atoms with Gasteiger partial charge < -0.3 is 11.5 Å². The Morgan fingerprint density at radius 1 is 1.09 bits per heavy atom. The molecule has 8 heteroatoms. The number of anilines is 1. The molecular formula is C14H9BrF4N2O. The van der Waals surface area contributed by atoms with Crippen molar-refractivity contribution in [1.82, 2.24) is 0 Å². The molecule has 0 atom stereocenters. The van der Waals surface area contributed by atoms with Gasteiger partial charge in [0.05, 0.1) is 11.1 Å². The van der Waals surface area contributed by atoms with Crippen LogP contribution in [0.15, 0.2) is 34.8 Å². The molecule has 0 saturated carbocycles. The van der Waals surface area contributed by atoms with E-state index in [1.807, 2.05) is 0 Å². The summed E-state index contributed by atoms with van der Waals surface area (Å²) in [6, 6.07) is 5.14. The molecule has 3 nitrogen and oxygen atoms in total. The van der Waals surface area contributed by atoms with E-state index in [9.17, 15) is 22.4 Å². The van der Waals surface area contributed by atoms with Crippen LogP contribution in [0.3, 0.4) is 0 Å². The van der Waals surface area contributed by atoms with Crippen LogP contribution in [-0.4, -0.2) is 5.91 Å². The fraction of sp³-hybridized carbons (Fsp3) is 0.0714. The fourth-order valence-electron chi connectivity index (χ4n) is 2.10. The zero-order valence-corrected chi connectivity index (χ0v) is 12.4. The highest BCUT2D eigenvalue weighted by atomic mass is 79.9. The van der Waals surface area contributed by atoms with Crippen molar-refractivity contribution in [2.75, 3.05) is 5.73 Å². The quantitative estimate of drug-likeness (QED) is 0.615.